The maximum absolute atomic E-state index is 12.2. The number of benzene rings is 1. The summed E-state index contributed by atoms with van der Waals surface area (Å²) in [5, 5.41) is 5.76. The van der Waals surface area contributed by atoms with Crippen molar-refractivity contribution in [3.63, 3.8) is 0 Å². The molecule has 1 aliphatic heterocycles. The Morgan fingerprint density at radius 3 is 2.46 bits per heavy atom. The molecule has 3 unspecified atom stereocenters. The lowest BCUT2D eigenvalue weighted by Gasteiger charge is -2.36. The molecule has 2 heterocycles. The molecule has 1 saturated heterocycles. The smallest absolute Gasteiger partial charge is 0.319 e. The Morgan fingerprint density at radius 1 is 1.15 bits per heavy atom. The van der Waals surface area contributed by atoms with E-state index >= 15 is 0 Å². The minimum absolute atomic E-state index is 0.0697. The number of hydrogen-bond donors (Lipinski definition) is 2. The monoisotopic (exact) mass is 354 g/mol. The van der Waals surface area contributed by atoms with Crippen LogP contribution in [0, 0.1) is 0 Å². The fourth-order valence-corrected chi connectivity index (χ4v) is 3.20. The van der Waals surface area contributed by atoms with Crippen LogP contribution in [0.1, 0.15) is 32.4 Å². The summed E-state index contributed by atoms with van der Waals surface area (Å²) in [6, 6.07) is 13.4. The minimum atomic E-state index is -0.246. The average Bonchev–Trinajstić information content (AvgIpc) is 2.62. The molecule has 1 aliphatic rings. The van der Waals surface area contributed by atoms with E-state index in [1.165, 1.54) is 0 Å². The number of morpholine rings is 1. The SMILES string of the molecule is CC1CN(c2ccc(NC(=O)NC(C)c3ccccc3)cn2)CC(C)O1. The van der Waals surface area contributed by atoms with Crippen LogP contribution in [-0.4, -0.2) is 36.3 Å². The Morgan fingerprint density at radius 2 is 1.85 bits per heavy atom. The highest BCUT2D eigenvalue weighted by atomic mass is 16.5. The lowest BCUT2D eigenvalue weighted by atomic mass is 10.1. The summed E-state index contributed by atoms with van der Waals surface area (Å²) in [6.07, 6.45) is 2.06. The highest BCUT2D eigenvalue weighted by Crippen LogP contribution is 2.20. The van der Waals surface area contributed by atoms with Crippen molar-refractivity contribution in [3.8, 4) is 0 Å². The maximum atomic E-state index is 12.2. The predicted molar refractivity (Wildman–Crippen MR) is 103 cm³/mol. The van der Waals surface area contributed by atoms with E-state index in [0.717, 1.165) is 24.5 Å². The molecule has 0 saturated carbocycles. The number of anilines is 2. The molecule has 0 bridgehead atoms. The Labute approximate surface area is 154 Å². The summed E-state index contributed by atoms with van der Waals surface area (Å²) >= 11 is 0. The Bertz CT molecular complexity index is 710. The summed E-state index contributed by atoms with van der Waals surface area (Å²) in [6.45, 7) is 7.73. The lowest BCUT2D eigenvalue weighted by molar-refractivity contribution is -0.00545. The predicted octanol–water partition coefficient (Wildman–Crippen LogP) is 3.58. The van der Waals surface area contributed by atoms with E-state index in [2.05, 4.69) is 34.4 Å². The molecule has 26 heavy (non-hydrogen) atoms. The third-order valence-electron chi connectivity index (χ3n) is 4.40. The van der Waals surface area contributed by atoms with Gasteiger partial charge >= 0.3 is 6.03 Å². The molecule has 1 aromatic heterocycles. The van der Waals surface area contributed by atoms with Gasteiger partial charge in [0.1, 0.15) is 5.82 Å². The van der Waals surface area contributed by atoms with E-state index in [1.54, 1.807) is 6.20 Å². The molecule has 1 fully saturated rings. The Kier molecular flexibility index (Phi) is 5.73. The van der Waals surface area contributed by atoms with Crippen LogP contribution in [0.3, 0.4) is 0 Å². The number of urea groups is 1. The highest BCUT2D eigenvalue weighted by molar-refractivity contribution is 5.89. The van der Waals surface area contributed by atoms with Crippen molar-refractivity contribution in [2.24, 2.45) is 0 Å². The third-order valence-corrected chi connectivity index (χ3v) is 4.40. The van der Waals surface area contributed by atoms with Crippen LogP contribution in [0.5, 0.6) is 0 Å². The molecule has 2 N–H and O–H groups in total. The zero-order valence-electron chi connectivity index (χ0n) is 15.5. The van der Waals surface area contributed by atoms with Gasteiger partial charge in [-0.15, -0.1) is 0 Å². The van der Waals surface area contributed by atoms with Gasteiger partial charge in [0.25, 0.3) is 0 Å². The van der Waals surface area contributed by atoms with E-state index in [0.29, 0.717) is 5.69 Å². The number of pyridine rings is 1. The first-order chi connectivity index (χ1) is 12.5. The van der Waals surface area contributed by atoms with Crippen LogP contribution in [0.15, 0.2) is 48.7 Å². The van der Waals surface area contributed by atoms with Crippen LogP contribution in [0.4, 0.5) is 16.3 Å². The van der Waals surface area contributed by atoms with Gasteiger partial charge in [0, 0.05) is 13.1 Å². The van der Waals surface area contributed by atoms with Gasteiger partial charge in [-0.3, -0.25) is 0 Å². The van der Waals surface area contributed by atoms with Crippen molar-refractivity contribution in [1.29, 1.82) is 0 Å². The van der Waals surface area contributed by atoms with Crippen LogP contribution >= 0.6 is 0 Å². The van der Waals surface area contributed by atoms with Crippen molar-refractivity contribution in [3.05, 3.63) is 54.2 Å². The first-order valence-corrected chi connectivity index (χ1v) is 9.00. The van der Waals surface area contributed by atoms with Crippen LogP contribution in [-0.2, 0) is 4.74 Å². The second-order valence-corrected chi connectivity index (χ2v) is 6.80. The molecule has 0 spiro atoms. The van der Waals surface area contributed by atoms with Gasteiger partial charge in [-0.25, -0.2) is 9.78 Å². The van der Waals surface area contributed by atoms with Gasteiger partial charge in [-0.2, -0.15) is 0 Å². The number of carbonyl (C=O) groups is 1. The van der Waals surface area contributed by atoms with E-state index in [4.69, 9.17) is 4.74 Å². The number of rotatable bonds is 4. The molecule has 6 nitrogen and oxygen atoms in total. The largest absolute Gasteiger partial charge is 0.372 e. The highest BCUT2D eigenvalue weighted by Gasteiger charge is 2.23. The molecule has 2 amide bonds. The molecule has 138 valence electrons. The van der Waals surface area contributed by atoms with Gasteiger partial charge in [-0.1, -0.05) is 30.3 Å². The van der Waals surface area contributed by atoms with E-state index < -0.39 is 0 Å². The van der Waals surface area contributed by atoms with Crippen molar-refractivity contribution in [1.82, 2.24) is 10.3 Å². The molecular weight excluding hydrogens is 328 g/mol. The number of carbonyl (C=O) groups excluding carboxylic acids is 1. The van der Waals surface area contributed by atoms with Gasteiger partial charge in [0.2, 0.25) is 0 Å². The third kappa shape index (κ3) is 4.73. The number of amides is 2. The quantitative estimate of drug-likeness (QED) is 0.881. The van der Waals surface area contributed by atoms with Gasteiger partial charge in [0.15, 0.2) is 0 Å². The first-order valence-electron chi connectivity index (χ1n) is 9.00. The zero-order chi connectivity index (χ0) is 18.5. The van der Waals surface area contributed by atoms with Gasteiger partial charge in [-0.05, 0) is 38.5 Å². The van der Waals surface area contributed by atoms with Gasteiger partial charge in [0.05, 0.1) is 30.1 Å². The number of hydrogen-bond acceptors (Lipinski definition) is 4. The Balaban J connectivity index is 1.56. The van der Waals surface area contributed by atoms with Crippen molar-refractivity contribution in [2.45, 2.75) is 39.0 Å². The standard InChI is InChI=1S/C20H26N4O2/c1-14-12-24(13-15(2)26-14)19-10-9-18(11-21-19)23-20(25)22-16(3)17-7-5-4-6-8-17/h4-11,14-16H,12-13H2,1-3H3,(H2,22,23,25). The molecule has 2 aromatic rings. The fraction of sp³-hybridized carbons (Fsp3) is 0.400. The van der Waals surface area contributed by atoms with Crippen LogP contribution < -0.4 is 15.5 Å². The molecule has 3 rings (SSSR count). The molecule has 6 heteroatoms. The van der Waals surface area contributed by atoms with E-state index in [9.17, 15) is 4.79 Å². The number of nitrogens with zero attached hydrogens (tertiary/aromatic N) is 2. The molecule has 1 aromatic carbocycles. The first kappa shape index (κ1) is 18.2. The van der Waals surface area contributed by atoms with Crippen molar-refractivity contribution in [2.75, 3.05) is 23.3 Å². The summed E-state index contributed by atoms with van der Waals surface area (Å²) < 4.78 is 5.75. The number of aromatic nitrogens is 1. The van der Waals surface area contributed by atoms with Crippen LogP contribution in [0.2, 0.25) is 0 Å². The van der Waals surface area contributed by atoms with Crippen molar-refractivity contribution >= 4 is 17.5 Å². The fourth-order valence-electron chi connectivity index (χ4n) is 3.20. The van der Waals surface area contributed by atoms with Crippen molar-refractivity contribution < 1.29 is 9.53 Å². The molecule has 3 atom stereocenters. The normalized spacial score (nSPS) is 21.1. The topological polar surface area (TPSA) is 66.5 Å². The average molecular weight is 354 g/mol. The Hall–Kier alpha value is -2.60. The molecule has 0 radical (unpaired) electrons. The summed E-state index contributed by atoms with van der Waals surface area (Å²) in [5.74, 6) is 0.899. The summed E-state index contributed by atoms with van der Waals surface area (Å²) in [5.41, 5.74) is 1.73. The summed E-state index contributed by atoms with van der Waals surface area (Å²) in [4.78, 5) is 18.9. The van der Waals surface area contributed by atoms with Gasteiger partial charge < -0.3 is 20.3 Å². The van der Waals surface area contributed by atoms with E-state index in [1.807, 2.05) is 49.4 Å². The van der Waals surface area contributed by atoms with E-state index in [-0.39, 0.29) is 24.3 Å². The number of ether oxygens (including phenoxy) is 1. The van der Waals surface area contributed by atoms with Crippen LogP contribution in [0.25, 0.3) is 0 Å². The second kappa shape index (κ2) is 8.19. The summed E-state index contributed by atoms with van der Waals surface area (Å²) in [7, 11) is 0. The minimum Gasteiger partial charge on any atom is -0.372 e. The maximum Gasteiger partial charge on any atom is 0.319 e. The second-order valence-electron chi connectivity index (χ2n) is 6.80. The molecule has 0 aliphatic carbocycles. The molecular formula is C20H26N4O2. The zero-order valence-corrected chi connectivity index (χ0v) is 15.5. The lowest BCUT2D eigenvalue weighted by Crippen LogP contribution is -2.45. The number of nitrogens with one attached hydrogen (secondary N) is 2.